The number of aryl methyl sites for hydroxylation is 2. The Morgan fingerprint density at radius 1 is 0.364 bits per heavy atom. The lowest BCUT2D eigenvalue weighted by Gasteiger charge is -2.16. The van der Waals surface area contributed by atoms with E-state index in [1.54, 1.807) is 0 Å². The minimum atomic E-state index is 0.575. The summed E-state index contributed by atoms with van der Waals surface area (Å²) in [5, 5.41) is 9.96. The standard InChI is InChI=1S/C58H36N6S2/c1-3-15-35(16-4-1)56-60-55(61-57(62-56)36-17-5-2-6-18-36)28-27-37-29-38(63-47-23-11-7-19-39(47)43-32-53-45(30-49(43)63)41-21-9-13-25-51(41)65-53)34-59-58(37)64-48-24-12-8-20-40(48)44-33-54-46(31-50(44)64)42-22-10-14-26-52(42)66-54/h1-26,29-34H,27-28H2. The van der Waals surface area contributed by atoms with Crippen molar-refractivity contribution < 1.29 is 0 Å². The summed E-state index contributed by atoms with van der Waals surface area (Å²) < 4.78 is 9.97. The highest BCUT2D eigenvalue weighted by Gasteiger charge is 2.22. The van der Waals surface area contributed by atoms with Gasteiger partial charge >= 0.3 is 0 Å². The first-order valence-electron chi connectivity index (χ1n) is 22.2. The van der Waals surface area contributed by atoms with Gasteiger partial charge in [-0.1, -0.05) is 133 Å². The molecule has 0 unspecified atom stereocenters. The summed E-state index contributed by atoms with van der Waals surface area (Å²) in [7, 11) is 0. The van der Waals surface area contributed by atoms with E-state index >= 15 is 0 Å². The van der Waals surface area contributed by atoms with Crippen molar-refractivity contribution in [1.29, 1.82) is 0 Å². The molecule has 0 saturated carbocycles. The van der Waals surface area contributed by atoms with Crippen LogP contribution in [0.25, 0.3) is 118 Å². The van der Waals surface area contributed by atoms with Gasteiger partial charge in [0, 0.05) is 79.4 Å². The summed E-state index contributed by atoms with van der Waals surface area (Å²) in [6.07, 6.45) is 3.28. The number of thiophene rings is 2. The van der Waals surface area contributed by atoms with Crippen molar-refractivity contribution in [3.8, 4) is 34.3 Å². The van der Waals surface area contributed by atoms with Crippen LogP contribution in [0, 0.1) is 0 Å². The third-order valence-electron chi connectivity index (χ3n) is 13.1. The summed E-state index contributed by atoms with van der Waals surface area (Å²) in [5.74, 6) is 2.96. The molecular formula is C58H36N6S2. The fourth-order valence-electron chi connectivity index (χ4n) is 10.1. The Hall–Kier alpha value is -8.04. The normalized spacial score (nSPS) is 12.1. The van der Waals surface area contributed by atoms with Crippen LogP contribution in [0.15, 0.2) is 194 Å². The van der Waals surface area contributed by atoms with Crippen LogP contribution in [0.2, 0.25) is 0 Å². The molecule has 0 spiro atoms. The molecule has 6 aromatic heterocycles. The second-order valence-corrected chi connectivity index (χ2v) is 19.1. The molecule has 310 valence electrons. The number of pyridine rings is 1. The van der Waals surface area contributed by atoms with Gasteiger partial charge in [-0.2, -0.15) is 0 Å². The third kappa shape index (κ3) is 5.85. The molecule has 0 amide bonds. The molecule has 14 rings (SSSR count). The average molecular weight is 881 g/mol. The number of rotatable bonds is 7. The van der Waals surface area contributed by atoms with Gasteiger partial charge in [0.15, 0.2) is 11.6 Å². The summed E-state index contributed by atoms with van der Waals surface area (Å²) in [6.45, 7) is 0. The van der Waals surface area contributed by atoms with Gasteiger partial charge in [-0.15, -0.1) is 22.7 Å². The van der Waals surface area contributed by atoms with Crippen molar-refractivity contribution >= 4 is 107 Å². The van der Waals surface area contributed by atoms with E-state index in [9.17, 15) is 0 Å². The Bertz CT molecular complexity index is 4180. The van der Waals surface area contributed by atoms with E-state index in [1.165, 1.54) is 61.9 Å². The number of hydrogen-bond acceptors (Lipinski definition) is 6. The second-order valence-electron chi connectivity index (χ2n) is 16.9. The maximum Gasteiger partial charge on any atom is 0.163 e. The van der Waals surface area contributed by atoms with E-state index in [2.05, 4.69) is 167 Å². The van der Waals surface area contributed by atoms with Crippen LogP contribution in [-0.4, -0.2) is 29.1 Å². The number of hydrogen-bond donors (Lipinski definition) is 0. The van der Waals surface area contributed by atoms with Crippen LogP contribution in [0.3, 0.4) is 0 Å². The zero-order chi connectivity index (χ0) is 43.3. The first-order chi connectivity index (χ1) is 32.7. The topological polar surface area (TPSA) is 61.4 Å². The SMILES string of the molecule is c1ccc(-c2nc(CCc3cc(-n4c5ccccc5c5cc6sc7ccccc7c6cc54)cnc3-n3c4ccccc4c4cc5sc6ccccc6c5cc43)nc(-c3ccccc3)n2)cc1. The van der Waals surface area contributed by atoms with E-state index in [4.69, 9.17) is 19.9 Å². The molecule has 0 atom stereocenters. The van der Waals surface area contributed by atoms with E-state index < -0.39 is 0 Å². The monoisotopic (exact) mass is 880 g/mol. The quantitative estimate of drug-likeness (QED) is 0.160. The Morgan fingerprint density at radius 3 is 1.42 bits per heavy atom. The first kappa shape index (κ1) is 37.3. The molecule has 0 bridgehead atoms. The second kappa shape index (κ2) is 14.8. The predicted octanol–water partition coefficient (Wildman–Crippen LogP) is 15.3. The minimum absolute atomic E-state index is 0.575. The van der Waals surface area contributed by atoms with Gasteiger partial charge in [-0.05, 0) is 66.6 Å². The fourth-order valence-corrected chi connectivity index (χ4v) is 12.3. The minimum Gasteiger partial charge on any atom is -0.308 e. The lowest BCUT2D eigenvalue weighted by Crippen LogP contribution is -2.09. The number of benzene rings is 8. The first-order valence-corrected chi connectivity index (χ1v) is 23.9. The van der Waals surface area contributed by atoms with Crippen molar-refractivity contribution in [3.05, 3.63) is 206 Å². The van der Waals surface area contributed by atoms with Crippen molar-refractivity contribution in [3.63, 3.8) is 0 Å². The molecule has 0 aliphatic rings. The van der Waals surface area contributed by atoms with E-state index in [-0.39, 0.29) is 0 Å². The largest absolute Gasteiger partial charge is 0.308 e. The molecule has 0 aliphatic heterocycles. The molecule has 8 heteroatoms. The van der Waals surface area contributed by atoms with Gasteiger partial charge in [0.1, 0.15) is 11.6 Å². The maximum atomic E-state index is 5.56. The van der Waals surface area contributed by atoms with Gasteiger partial charge in [-0.25, -0.2) is 19.9 Å². The van der Waals surface area contributed by atoms with Crippen LogP contribution in [-0.2, 0) is 12.8 Å². The van der Waals surface area contributed by atoms with Gasteiger partial charge in [0.05, 0.1) is 34.0 Å². The van der Waals surface area contributed by atoms with Crippen LogP contribution < -0.4 is 0 Å². The van der Waals surface area contributed by atoms with E-state index in [0.717, 1.165) is 56.1 Å². The van der Waals surface area contributed by atoms with Crippen LogP contribution in [0.4, 0.5) is 0 Å². The Morgan fingerprint density at radius 2 is 0.848 bits per heavy atom. The lowest BCUT2D eigenvalue weighted by molar-refractivity contribution is 0.831. The van der Waals surface area contributed by atoms with Crippen molar-refractivity contribution in [2.75, 3.05) is 0 Å². The molecule has 14 aromatic rings. The molecule has 8 aromatic carbocycles. The number of para-hydroxylation sites is 2. The van der Waals surface area contributed by atoms with Crippen LogP contribution in [0.1, 0.15) is 11.4 Å². The number of aromatic nitrogens is 6. The Balaban J connectivity index is 1.01. The van der Waals surface area contributed by atoms with Crippen molar-refractivity contribution in [2.24, 2.45) is 0 Å². The number of fused-ring (bicyclic) bond motifs is 12. The van der Waals surface area contributed by atoms with Gasteiger partial charge in [0.25, 0.3) is 0 Å². The highest BCUT2D eigenvalue weighted by atomic mass is 32.1. The summed E-state index contributed by atoms with van der Waals surface area (Å²) in [4.78, 5) is 20.8. The molecule has 6 nitrogen and oxygen atoms in total. The van der Waals surface area contributed by atoms with Crippen molar-refractivity contribution in [1.82, 2.24) is 29.1 Å². The van der Waals surface area contributed by atoms with E-state index in [1.807, 2.05) is 59.1 Å². The number of nitrogens with zero attached hydrogens (tertiary/aromatic N) is 6. The molecular weight excluding hydrogens is 845 g/mol. The molecule has 6 heterocycles. The highest BCUT2D eigenvalue weighted by Crippen LogP contribution is 2.43. The molecule has 0 fully saturated rings. The van der Waals surface area contributed by atoms with E-state index in [0.29, 0.717) is 24.5 Å². The zero-order valence-corrected chi connectivity index (χ0v) is 37.0. The molecule has 66 heavy (non-hydrogen) atoms. The van der Waals surface area contributed by atoms with Gasteiger partial charge in [-0.3, -0.25) is 4.57 Å². The average Bonchev–Trinajstić information content (AvgIpc) is 4.12. The maximum absolute atomic E-state index is 5.56. The van der Waals surface area contributed by atoms with Crippen molar-refractivity contribution in [2.45, 2.75) is 12.8 Å². The predicted molar refractivity (Wildman–Crippen MR) is 277 cm³/mol. The molecule has 0 saturated heterocycles. The van der Waals surface area contributed by atoms with Crippen LogP contribution in [0.5, 0.6) is 0 Å². The van der Waals surface area contributed by atoms with Crippen LogP contribution >= 0.6 is 22.7 Å². The smallest absolute Gasteiger partial charge is 0.163 e. The Labute approximate surface area is 386 Å². The molecule has 0 N–H and O–H groups in total. The highest BCUT2D eigenvalue weighted by molar-refractivity contribution is 7.26. The summed E-state index contributed by atoms with van der Waals surface area (Å²) >= 11 is 3.72. The third-order valence-corrected chi connectivity index (χ3v) is 15.4. The fraction of sp³-hybridized carbons (Fsp3) is 0.0345. The van der Waals surface area contributed by atoms with Gasteiger partial charge in [0.2, 0.25) is 0 Å². The molecule has 0 radical (unpaired) electrons. The Kier molecular flexibility index (Phi) is 8.35. The van der Waals surface area contributed by atoms with Gasteiger partial charge < -0.3 is 4.57 Å². The summed E-state index contributed by atoms with van der Waals surface area (Å²) in [5.41, 5.74) is 8.59. The lowest BCUT2D eigenvalue weighted by atomic mass is 10.1. The zero-order valence-electron chi connectivity index (χ0n) is 35.4. The summed E-state index contributed by atoms with van der Waals surface area (Å²) in [6, 6.07) is 67.3. The molecule has 0 aliphatic carbocycles.